The molecule has 3 aromatic rings. The maximum Gasteiger partial charge on any atom is 0.150 e. The van der Waals surface area contributed by atoms with Crippen LogP contribution in [-0.4, -0.2) is 50.6 Å². The van der Waals surface area contributed by atoms with Gasteiger partial charge in [-0.25, -0.2) is 4.98 Å². The molecule has 0 aromatic carbocycles. The van der Waals surface area contributed by atoms with Crippen molar-refractivity contribution in [1.82, 2.24) is 24.4 Å². The van der Waals surface area contributed by atoms with E-state index in [-0.39, 0.29) is 0 Å². The predicted octanol–water partition coefficient (Wildman–Crippen LogP) is 2.97. The Balaban J connectivity index is 1.40. The fourth-order valence-corrected chi connectivity index (χ4v) is 4.02. The summed E-state index contributed by atoms with van der Waals surface area (Å²) < 4.78 is 2.39. The zero-order valence-corrected chi connectivity index (χ0v) is 17.0. The standard InChI is InChI=1S/C22H28N6/c1-17-13-21(19(3)28(17)15-20-5-4-6-23-14-20)16-26-9-11-27(12-10-26)22-18(2)24-7-8-25-22/h4-8,13-14H,9-12,15-16H2,1-3H3. The maximum atomic E-state index is 4.52. The molecule has 0 atom stereocenters. The molecule has 0 aliphatic carbocycles. The van der Waals surface area contributed by atoms with E-state index in [0.717, 1.165) is 50.8 Å². The third kappa shape index (κ3) is 3.92. The molecule has 0 radical (unpaired) electrons. The summed E-state index contributed by atoms with van der Waals surface area (Å²) in [4.78, 5) is 18.0. The monoisotopic (exact) mass is 376 g/mol. The Morgan fingerprint density at radius 1 is 0.929 bits per heavy atom. The van der Waals surface area contributed by atoms with Crippen LogP contribution in [0, 0.1) is 20.8 Å². The van der Waals surface area contributed by atoms with Crippen LogP contribution < -0.4 is 4.90 Å². The van der Waals surface area contributed by atoms with Crippen LogP contribution >= 0.6 is 0 Å². The second-order valence-electron chi connectivity index (χ2n) is 7.57. The lowest BCUT2D eigenvalue weighted by molar-refractivity contribution is 0.248. The van der Waals surface area contributed by atoms with Crippen LogP contribution in [-0.2, 0) is 13.1 Å². The average Bonchev–Trinajstić information content (AvgIpc) is 2.97. The second kappa shape index (κ2) is 8.10. The average molecular weight is 377 g/mol. The first-order valence-corrected chi connectivity index (χ1v) is 9.91. The second-order valence-corrected chi connectivity index (χ2v) is 7.57. The largest absolute Gasteiger partial charge is 0.353 e. The number of rotatable bonds is 5. The van der Waals surface area contributed by atoms with Gasteiger partial charge in [-0.05, 0) is 44.0 Å². The highest BCUT2D eigenvalue weighted by Crippen LogP contribution is 2.21. The molecule has 0 amide bonds. The van der Waals surface area contributed by atoms with E-state index >= 15 is 0 Å². The normalized spacial score (nSPS) is 15.2. The van der Waals surface area contributed by atoms with Gasteiger partial charge in [-0.3, -0.25) is 14.9 Å². The quantitative estimate of drug-likeness (QED) is 0.685. The topological polar surface area (TPSA) is 50.1 Å². The first kappa shape index (κ1) is 18.6. The number of aromatic nitrogens is 4. The van der Waals surface area contributed by atoms with Gasteiger partial charge in [0.15, 0.2) is 0 Å². The van der Waals surface area contributed by atoms with Crippen molar-refractivity contribution in [1.29, 1.82) is 0 Å². The van der Waals surface area contributed by atoms with Crippen LogP contribution in [0.1, 0.15) is 28.2 Å². The molecule has 28 heavy (non-hydrogen) atoms. The van der Waals surface area contributed by atoms with Gasteiger partial charge in [0.05, 0.1) is 5.69 Å². The molecule has 0 spiro atoms. The van der Waals surface area contributed by atoms with Gasteiger partial charge in [-0.2, -0.15) is 0 Å². The Labute approximate surface area is 166 Å². The molecule has 1 aliphatic rings. The minimum Gasteiger partial charge on any atom is -0.353 e. The molecule has 0 saturated carbocycles. The minimum atomic E-state index is 0.880. The smallest absolute Gasteiger partial charge is 0.150 e. The molecular formula is C22H28N6. The molecule has 3 aromatic heterocycles. The first-order valence-electron chi connectivity index (χ1n) is 9.91. The number of piperazine rings is 1. The molecule has 4 rings (SSSR count). The zero-order chi connectivity index (χ0) is 19.5. The van der Waals surface area contributed by atoms with E-state index in [0.29, 0.717) is 0 Å². The minimum absolute atomic E-state index is 0.880. The number of pyridine rings is 1. The van der Waals surface area contributed by atoms with E-state index in [1.165, 1.54) is 22.5 Å². The SMILES string of the molecule is Cc1nccnc1N1CCN(Cc2cc(C)n(Cc3cccnc3)c2C)CC1. The highest BCUT2D eigenvalue weighted by molar-refractivity contribution is 5.42. The number of anilines is 1. The molecular weight excluding hydrogens is 348 g/mol. The van der Waals surface area contributed by atoms with E-state index in [1.54, 1.807) is 12.4 Å². The van der Waals surface area contributed by atoms with Crippen molar-refractivity contribution in [2.24, 2.45) is 0 Å². The zero-order valence-electron chi connectivity index (χ0n) is 17.0. The Kier molecular flexibility index (Phi) is 5.39. The molecule has 0 unspecified atom stereocenters. The summed E-state index contributed by atoms with van der Waals surface area (Å²) in [6.07, 6.45) is 7.32. The van der Waals surface area contributed by atoms with Crippen LogP contribution in [0.2, 0.25) is 0 Å². The third-order valence-corrected chi connectivity index (χ3v) is 5.66. The predicted molar refractivity (Wildman–Crippen MR) is 112 cm³/mol. The van der Waals surface area contributed by atoms with Gasteiger partial charge in [0.2, 0.25) is 0 Å². The lowest BCUT2D eigenvalue weighted by Crippen LogP contribution is -2.46. The summed E-state index contributed by atoms with van der Waals surface area (Å²) >= 11 is 0. The van der Waals surface area contributed by atoms with Crippen molar-refractivity contribution in [3.63, 3.8) is 0 Å². The Bertz CT molecular complexity index is 925. The van der Waals surface area contributed by atoms with Crippen LogP contribution in [0.4, 0.5) is 5.82 Å². The fraction of sp³-hybridized carbons (Fsp3) is 0.409. The molecule has 1 fully saturated rings. The molecule has 1 aliphatic heterocycles. The number of hydrogen-bond donors (Lipinski definition) is 0. The van der Waals surface area contributed by atoms with Crippen molar-refractivity contribution < 1.29 is 0 Å². The summed E-state index contributed by atoms with van der Waals surface area (Å²) in [6.45, 7) is 12.4. The highest BCUT2D eigenvalue weighted by atomic mass is 15.3. The molecule has 0 bridgehead atoms. The Morgan fingerprint density at radius 3 is 2.43 bits per heavy atom. The number of aryl methyl sites for hydroxylation is 2. The van der Waals surface area contributed by atoms with Crippen molar-refractivity contribution in [3.8, 4) is 0 Å². The van der Waals surface area contributed by atoms with Crippen LogP contribution in [0.5, 0.6) is 0 Å². The van der Waals surface area contributed by atoms with Crippen molar-refractivity contribution >= 4 is 5.82 Å². The maximum absolute atomic E-state index is 4.52. The Hall–Kier alpha value is -2.73. The van der Waals surface area contributed by atoms with Crippen LogP contribution in [0.15, 0.2) is 43.0 Å². The molecule has 146 valence electrons. The lowest BCUT2D eigenvalue weighted by Gasteiger charge is -2.35. The van der Waals surface area contributed by atoms with Gasteiger partial charge in [0, 0.05) is 75.4 Å². The number of nitrogens with zero attached hydrogens (tertiary/aromatic N) is 6. The summed E-state index contributed by atoms with van der Waals surface area (Å²) in [6, 6.07) is 6.48. The lowest BCUT2D eigenvalue weighted by atomic mass is 10.2. The first-order chi connectivity index (χ1) is 13.6. The molecule has 4 heterocycles. The molecule has 6 nitrogen and oxygen atoms in total. The van der Waals surface area contributed by atoms with E-state index in [4.69, 9.17) is 0 Å². The van der Waals surface area contributed by atoms with Gasteiger partial charge in [-0.1, -0.05) is 6.07 Å². The van der Waals surface area contributed by atoms with Gasteiger partial charge < -0.3 is 9.47 Å². The number of hydrogen-bond acceptors (Lipinski definition) is 5. The summed E-state index contributed by atoms with van der Waals surface area (Å²) in [7, 11) is 0. The molecule has 6 heteroatoms. The third-order valence-electron chi connectivity index (χ3n) is 5.66. The van der Waals surface area contributed by atoms with Gasteiger partial charge in [-0.15, -0.1) is 0 Å². The van der Waals surface area contributed by atoms with Crippen molar-refractivity contribution in [3.05, 3.63) is 71.2 Å². The van der Waals surface area contributed by atoms with Crippen LogP contribution in [0.3, 0.4) is 0 Å². The van der Waals surface area contributed by atoms with Crippen LogP contribution in [0.25, 0.3) is 0 Å². The Morgan fingerprint density at radius 2 is 1.71 bits per heavy atom. The highest BCUT2D eigenvalue weighted by Gasteiger charge is 2.21. The summed E-state index contributed by atoms with van der Waals surface area (Å²) in [5.41, 5.74) is 6.34. The van der Waals surface area contributed by atoms with E-state index in [9.17, 15) is 0 Å². The van der Waals surface area contributed by atoms with Gasteiger partial charge in [0.25, 0.3) is 0 Å². The van der Waals surface area contributed by atoms with E-state index < -0.39 is 0 Å². The summed E-state index contributed by atoms with van der Waals surface area (Å²) in [5, 5.41) is 0. The van der Waals surface area contributed by atoms with Gasteiger partial charge in [0.1, 0.15) is 5.82 Å². The fourth-order valence-electron chi connectivity index (χ4n) is 4.02. The van der Waals surface area contributed by atoms with Gasteiger partial charge >= 0.3 is 0 Å². The van der Waals surface area contributed by atoms with E-state index in [2.05, 4.69) is 55.3 Å². The van der Waals surface area contributed by atoms with Crippen molar-refractivity contribution in [2.45, 2.75) is 33.9 Å². The molecule has 1 saturated heterocycles. The summed E-state index contributed by atoms with van der Waals surface area (Å²) in [5.74, 6) is 1.02. The van der Waals surface area contributed by atoms with Crippen molar-refractivity contribution in [2.75, 3.05) is 31.1 Å². The van der Waals surface area contributed by atoms with E-state index in [1.807, 2.05) is 25.4 Å². The molecule has 0 N–H and O–H groups in total.